The molecule has 0 amide bonds. The molecule has 0 aliphatic carbocycles. The van der Waals surface area contributed by atoms with Gasteiger partial charge in [0.15, 0.2) is 10.5 Å². The van der Waals surface area contributed by atoms with Gasteiger partial charge in [-0.2, -0.15) is 0 Å². The van der Waals surface area contributed by atoms with Crippen molar-refractivity contribution in [3.63, 3.8) is 0 Å². The number of benzene rings is 2. The lowest BCUT2D eigenvalue weighted by atomic mass is 10.0. The lowest BCUT2D eigenvalue weighted by Crippen LogP contribution is -2.18. The van der Waals surface area contributed by atoms with Crippen LogP contribution >= 0.6 is 12.2 Å². The number of rotatable bonds is 3. The molecule has 2 aromatic carbocycles. The van der Waals surface area contributed by atoms with Gasteiger partial charge in [-0.05, 0) is 48.6 Å². The standard InChI is InChI=1S/C21H14FN3O4S/c1-29-20(28)17-14(13-4-2-3-5-16(13)23-17)10-15-18(26)24-21(30)25(19(15)27)12-8-6-11(22)7-9-12/h2-10,27H,1H3,(H,24,26,30)/b14-10+. The Morgan fingerprint density at radius 3 is 2.63 bits per heavy atom. The molecular formula is C21H14FN3O4S. The molecule has 4 rings (SSSR count). The van der Waals surface area contributed by atoms with Crippen LogP contribution in [-0.4, -0.2) is 33.4 Å². The van der Waals surface area contributed by atoms with Crippen molar-refractivity contribution in [2.24, 2.45) is 4.99 Å². The zero-order valence-electron chi connectivity index (χ0n) is 15.5. The molecular weight excluding hydrogens is 409 g/mol. The van der Waals surface area contributed by atoms with Gasteiger partial charge in [-0.25, -0.2) is 14.2 Å². The number of carbonyl (C=O) groups excluding carboxylic acids is 1. The van der Waals surface area contributed by atoms with Gasteiger partial charge in [0.2, 0.25) is 5.88 Å². The van der Waals surface area contributed by atoms with Gasteiger partial charge in [-0.1, -0.05) is 18.2 Å². The summed E-state index contributed by atoms with van der Waals surface area (Å²) < 4.78 is 19.2. The number of methoxy groups -OCH3 is 1. The summed E-state index contributed by atoms with van der Waals surface area (Å²) in [5.41, 5.74) is 1.02. The Morgan fingerprint density at radius 1 is 1.23 bits per heavy atom. The van der Waals surface area contributed by atoms with Crippen LogP contribution in [0.3, 0.4) is 0 Å². The Hall–Kier alpha value is -3.85. The number of hydrogen-bond acceptors (Lipinski definition) is 6. The first-order valence-corrected chi connectivity index (χ1v) is 9.14. The first-order valence-electron chi connectivity index (χ1n) is 8.73. The van der Waals surface area contributed by atoms with E-state index < -0.39 is 23.2 Å². The fourth-order valence-corrected chi connectivity index (χ4v) is 3.43. The average Bonchev–Trinajstić information content (AvgIpc) is 3.10. The number of esters is 1. The molecule has 0 saturated carbocycles. The van der Waals surface area contributed by atoms with Crippen molar-refractivity contribution in [2.45, 2.75) is 0 Å². The van der Waals surface area contributed by atoms with E-state index in [1.165, 1.54) is 42.0 Å². The molecule has 1 aliphatic rings. The van der Waals surface area contributed by atoms with E-state index in [4.69, 9.17) is 17.0 Å². The number of aliphatic imine (C=N–C) groups is 1. The van der Waals surface area contributed by atoms with Crippen LogP contribution in [0, 0.1) is 10.6 Å². The number of para-hydroxylation sites is 1. The molecule has 0 spiro atoms. The molecule has 2 N–H and O–H groups in total. The number of H-pyrrole nitrogens is 1. The number of nitrogens with zero attached hydrogens (tertiary/aromatic N) is 2. The topological polar surface area (TPSA) is 96.7 Å². The zero-order chi connectivity index (χ0) is 21.4. The molecule has 9 heteroatoms. The minimum absolute atomic E-state index is 0.00767. The van der Waals surface area contributed by atoms with Gasteiger partial charge < -0.3 is 9.84 Å². The van der Waals surface area contributed by atoms with Gasteiger partial charge in [0.25, 0.3) is 5.56 Å². The van der Waals surface area contributed by atoms with Gasteiger partial charge in [-0.15, -0.1) is 0 Å². The summed E-state index contributed by atoms with van der Waals surface area (Å²) in [5, 5.41) is 10.8. The van der Waals surface area contributed by atoms with Crippen LogP contribution in [0.25, 0.3) is 17.3 Å². The molecule has 1 aliphatic heterocycles. The van der Waals surface area contributed by atoms with Crippen LogP contribution in [0.5, 0.6) is 5.88 Å². The first-order chi connectivity index (χ1) is 14.4. The predicted octanol–water partition coefficient (Wildman–Crippen LogP) is 3.54. The van der Waals surface area contributed by atoms with Crippen LogP contribution in [0.1, 0.15) is 11.1 Å². The maximum Gasteiger partial charge on any atom is 0.357 e. The van der Waals surface area contributed by atoms with Gasteiger partial charge in [0, 0.05) is 11.1 Å². The van der Waals surface area contributed by atoms with Crippen molar-refractivity contribution in [1.82, 2.24) is 9.55 Å². The third-order valence-electron chi connectivity index (χ3n) is 4.55. The molecule has 0 saturated heterocycles. The predicted molar refractivity (Wildman–Crippen MR) is 112 cm³/mol. The smallest absolute Gasteiger partial charge is 0.357 e. The number of nitrogens with one attached hydrogen (secondary N) is 1. The molecule has 0 bridgehead atoms. The van der Waals surface area contributed by atoms with Crippen molar-refractivity contribution in [3.8, 4) is 11.6 Å². The quantitative estimate of drug-likeness (QED) is 0.496. The number of fused-ring (bicyclic) bond motifs is 1. The number of ether oxygens (including phenoxy) is 1. The van der Waals surface area contributed by atoms with E-state index in [-0.39, 0.29) is 16.0 Å². The summed E-state index contributed by atoms with van der Waals surface area (Å²) in [6.07, 6.45) is 1.35. The number of carbonyl (C=O) groups is 1. The maximum absolute atomic E-state index is 13.3. The number of aromatic hydroxyl groups is 1. The summed E-state index contributed by atoms with van der Waals surface area (Å²) in [6.45, 7) is 0. The second kappa shape index (κ2) is 7.53. The zero-order valence-corrected chi connectivity index (χ0v) is 16.4. The van der Waals surface area contributed by atoms with E-state index in [1.54, 1.807) is 24.3 Å². The molecule has 0 unspecified atom stereocenters. The third-order valence-corrected chi connectivity index (χ3v) is 4.84. The van der Waals surface area contributed by atoms with E-state index in [9.17, 15) is 19.1 Å². The Kier molecular flexibility index (Phi) is 4.88. The SMILES string of the molecule is COC(=O)C1=Nc2ccccc2/C1=C\c1c(O)n(-c2ccc(F)cc2)c(=S)[nH]c1=O. The number of aromatic nitrogens is 2. The summed E-state index contributed by atoms with van der Waals surface area (Å²) in [4.78, 5) is 31.6. The van der Waals surface area contributed by atoms with Crippen molar-refractivity contribution < 1.29 is 19.0 Å². The summed E-state index contributed by atoms with van der Waals surface area (Å²) >= 11 is 5.17. The second-order valence-corrected chi connectivity index (χ2v) is 6.72. The van der Waals surface area contributed by atoms with E-state index in [1.807, 2.05) is 0 Å². The van der Waals surface area contributed by atoms with Crippen molar-refractivity contribution in [2.75, 3.05) is 7.11 Å². The first kappa shape index (κ1) is 19.5. The Balaban J connectivity index is 1.96. The molecule has 150 valence electrons. The maximum atomic E-state index is 13.3. The lowest BCUT2D eigenvalue weighted by molar-refractivity contribution is -0.132. The molecule has 2 heterocycles. The van der Waals surface area contributed by atoms with E-state index >= 15 is 0 Å². The highest BCUT2D eigenvalue weighted by Crippen LogP contribution is 2.36. The fourth-order valence-electron chi connectivity index (χ4n) is 3.15. The molecule has 0 fully saturated rings. The van der Waals surface area contributed by atoms with Crippen molar-refractivity contribution >= 4 is 41.2 Å². The Morgan fingerprint density at radius 2 is 1.93 bits per heavy atom. The van der Waals surface area contributed by atoms with Gasteiger partial charge >= 0.3 is 5.97 Å². The fraction of sp³-hybridized carbons (Fsp3) is 0.0476. The normalized spacial score (nSPS) is 13.8. The highest BCUT2D eigenvalue weighted by atomic mass is 32.1. The van der Waals surface area contributed by atoms with Crippen molar-refractivity contribution in [1.29, 1.82) is 0 Å². The van der Waals surface area contributed by atoms with E-state index in [0.29, 0.717) is 22.5 Å². The minimum Gasteiger partial charge on any atom is -0.494 e. The van der Waals surface area contributed by atoms with Crippen LogP contribution in [0.2, 0.25) is 0 Å². The lowest BCUT2D eigenvalue weighted by Gasteiger charge is -2.12. The number of halogens is 1. The monoisotopic (exact) mass is 423 g/mol. The molecule has 0 atom stereocenters. The number of aromatic amines is 1. The molecule has 7 nitrogen and oxygen atoms in total. The second-order valence-electron chi connectivity index (χ2n) is 6.34. The summed E-state index contributed by atoms with van der Waals surface area (Å²) in [6, 6.07) is 12.2. The van der Waals surface area contributed by atoms with E-state index in [0.717, 1.165) is 0 Å². The third kappa shape index (κ3) is 3.25. The number of hydrogen-bond donors (Lipinski definition) is 2. The Labute approximate surface area is 174 Å². The van der Waals surface area contributed by atoms with Crippen LogP contribution < -0.4 is 5.56 Å². The molecule has 30 heavy (non-hydrogen) atoms. The highest BCUT2D eigenvalue weighted by molar-refractivity contribution is 7.71. The van der Waals surface area contributed by atoms with Crippen LogP contribution in [-0.2, 0) is 9.53 Å². The average molecular weight is 423 g/mol. The van der Waals surface area contributed by atoms with Crippen LogP contribution in [0.15, 0.2) is 58.3 Å². The summed E-state index contributed by atoms with van der Waals surface area (Å²) in [7, 11) is 1.23. The minimum atomic E-state index is -0.681. The van der Waals surface area contributed by atoms with E-state index in [2.05, 4.69) is 9.98 Å². The van der Waals surface area contributed by atoms with Crippen molar-refractivity contribution in [3.05, 3.63) is 80.6 Å². The molecule has 1 aromatic heterocycles. The molecule has 0 radical (unpaired) electrons. The summed E-state index contributed by atoms with van der Waals surface area (Å²) in [5.74, 6) is -1.60. The highest BCUT2D eigenvalue weighted by Gasteiger charge is 2.28. The molecule has 3 aromatic rings. The van der Waals surface area contributed by atoms with Gasteiger partial charge in [-0.3, -0.25) is 14.3 Å². The van der Waals surface area contributed by atoms with Gasteiger partial charge in [0.05, 0.1) is 18.5 Å². The van der Waals surface area contributed by atoms with Gasteiger partial charge in [0.1, 0.15) is 11.4 Å². The largest absolute Gasteiger partial charge is 0.494 e. The van der Waals surface area contributed by atoms with Crippen LogP contribution in [0.4, 0.5) is 10.1 Å². The Bertz CT molecular complexity index is 1350.